The summed E-state index contributed by atoms with van der Waals surface area (Å²) in [5.74, 6) is 0. The Morgan fingerprint density at radius 3 is 2.86 bits per heavy atom. The van der Waals surface area contributed by atoms with E-state index in [-0.39, 0.29) is 5.69 Å². The van der Waals surface area contributed by atoms with E-state index >= 15 is 0 Å². The van der Waals surface area contributed by atoms with Crippen molar-refractivity contribution in [3.63, 3.8) is 0 Å². The lowest BCUT2D eigenvalue weighted by Crippen LogP contribution is -2.11. The normalized spacial score (nSPS) is 9.29. The Kier molecular flexibility index (Phi) is 0.714. The van der Waals surface area contributed by atoms with Gasteiger partial charge in [-0.1, -0.05) is 0 Å². The first-order valence-electron chi connectivity index (χ1n) is 1.86. The van der Waals surface area contributed by atoms with Crippen LogP contribution in [0.15, 0.2) is 11.1 Å². The lowest BCUT2D eigenvalue weighted by atomic mass is 11.1. The third-order valence-electron chi connectivity index (χ3n) is 0.711. The Labute approximate surface area is 39.8 Å². The second kappa shape index (κ2) is 1.22. The molecule has 4 heteroatoms. The number of nitrogens with one attached hydrogen (secondary N) is 1. The van der Waals surface area contributed by atoms with E-state index in [0.717, 1.165) is 0 Å². The molecule has 0 aliphatic rings. The fourth-order valence-electron chi connectivity index (χ4n) is 0.302. The van der Waals surface area contributed by atoms with Gasteiger partial charge < -0.3 is 0 Å². The van der Waals surface area contributed by atoms with E-state index in [1.165, 1.54) is 10.9 Å². The second-order valence-corrected chi connectivity index (χ2v) is 1.27. The lowest BCUT2D eigenvalue weighted by Gasteiger charge is -1.74. The average Bonchev–Trinajstić information content (AvgIpc) is 1.91. The molecule has 0 bridgehead atoms. The minimum atomic E-state index is -0.181. The van der Waals surface area contributed by atoms with Crippen molar-refractivity contribution in [3.8, 4) is 0 Å². The lowest BCUT2D eigenvalue weighted by molar-refractivity contribution is 0.862. The minimum Gasteiger partial charge on any atom is -0.285 e. The summed E-state index contributed by atoms with van der Waals surface area (Å²) < 4.78 is 1.36. The molecule has 0 saturated heterocycles. The largest absolute Gasteiger partial charge is 0.342 e. The van der Waals surface area contributed by atoms with Crippen LogP contribution in [0.3, 0.4) is 0 Å². The van der Waals surface area contributed by atoms with Gasteiger partial charge in [0.2, 0.25) is 0 Å². The Morgan fingerprint density at radius 1 is 2.00 bits per heavy atom. The molecule has 1 N–H and O–H groups in total. The number of hydrogen-bond acceptors (Lipinski definition) is 2. The predicted molar refractivity (Wildman–Crippen MR) is 23.8 cm³/mol. The van der Waals surface area contributed by atoms with Crippen LogP contribution in [0.2, 0.25) is 0 Å². The van der Waals surface area contributed by atoms with Crippen LogP contribution in [-0.4, -0.2) is 14.8 Å². The van der Waals surface area contributed by atoms with Crippen LogP contribution in [0.25, 0.3) is 0 Å². The Hall–Kier alpha value is -1.06. The highest BCUT2D eigenvalue weighted by atomic mass is 16.1. The molecular weight excluding hydrogens is 94.1 g/mol. The molecule has 0 unspecified atom stereocenters. The monoisotopic (exact) mass is 99.0 g/mol. The first-order valence-corrected chi connectivity index (χ1v) is 1.86. The summed E-state index contributed by atoms with van der Waals surface area (Å²) in [6.07, 6.45) is 1.42. The highest BCUT2D eigenvalue weighted by Gasteiger charge is 1.82. The maximum Gasteiger partial charge on any atom is 0.342 e. The van der Waals surface area contributed by atoms with E-state index in [0.29, 0.717) is 0 Å². The molecule has 0 aliphatic carbocycles. The SMILES string of the molecule is Cn1cn[nH]c1=O. The van der Waals surface area contributed by atoms with Crippen molar-refractivity contribution in [2.24, 2.45) is 7.05 Å². The molecule has 1 heterocycles. The summed E-state index contributed by atoms with van der Waals surface area (Å²) in [5.41, 5.74) is -0.181. The number of nitrogens with zero attached hydrogens (tertiary/aromatic N) is 2. The van der Waals surface area contributed by atoms with Crippen LogP contribution in [0, 0.1) is 0 Å². The van der Waals surface area contributed by atoms with Crippen molar-refractivity contribution in [2.75, 3.05) is 0 Å². The van der Waals surface area contributed by atoms with Gasteiger partial charge in [0, 0.05) is 7.05 Å². The molecule has 0 radical (unpaired) electrons. The molecule has 0 atom stereocenters. The molecule has 0 spiro atoms. The molecular formula is C3H5N3O. The molecule has 0 aliphatic heterocycles. The molecule has 1 aromatic rings. The maximum absolute atomic E-state index is 10.3. The van der Waals surface area contributed by atoms with Gasteiger partial charge in [-0.2, -0.15) is 5.10 Å². The number of aryl methyl sites for hydroxylation is 1. The zero-order valence-corrected chi connectivity index (χ0v) is 3.88. The first-order chi connectivity index (χ1) is 3.30. The molecule has 4 nitrogen and oxygen atoms in total. The summed E-state index contributed by atoms with van der Waals surface area (Å²) in [5, 5.41) is 5.67. The van der Waals surface area contributed by atoms with Gasteiger partial charge >= 0.3 is 5.69 Å². The van der Waals surface area contributed by atoms with E-state index in [9.17, 15) is 4.79 Å². The van der Waals surface area contributed by atoms with E-state index in [2.05, 4.69) is 10.2 Å². The quantitative estimate of drug-likeness (QED) is 0.458. The maximum atomic E-state index is 10.3. The van der Waals surface area contributed by atoms with E-state index in [1.54, 1.807) is 7.05 Å². The summed E-state index contributed by atoms with van der Waals surface area (Å²) >= 11 is 0. The molecule has 1 rings (SSSR count). The summed E-state index contributed by atoms with van der Waals surface area (Å²) in [6.45, 7) is 0. The molecule has 1 aromatic heterocycles. The van der Waals surface area contributed by atoms with Crippen molar-refractivity contribution in [3.05, 3.63) is 16.8 Å². The van der Waals surface area contributed by atoms with Crippen molar-refractivity contribution < 1.29 is 0 Å². The van der Waals surface area contributed by atoms with Crippen LogP contribution in [0.1, 0.15) is 0 Å². The predicted octanol–water partition coefficient (Wildman–Crippen LogP) is -0.892. The summed E-state index contributed by atoms with van der Waals surface area (Å²) in [6, 6.07) is 0. The van der Waals surface area contributed by atoms with Gasteiger partial charge in [0.05, 0.1) is 0 Å². The molecule has 0 amide bonds. The standard InChI is InChI=1S/C3H5N3O/c1-6-2-4-5-3(6)7/h2H,1H3,(H,5,7). The van der Waals surface area contributed by atoms with E-state index in [4.69, 9.17) is 0 Å². The van der Waals surface area contributed by atoms with Gasteiger partial charge in [0.1, 0.15) is 6.33 Å². The van der Waals surface area contributed by atoms with Gasteiger partial charge in [0.25, 0.3) is 0 Å². The molecule has 38 valence electrons. The van der Waals surface area contributed by atoms with Gasteiger partial charge in [-0.15, -0.1) is 0 Å². The highest BCUT2D eigenvalue weighted by molar-refractivity contribution is 4.56. The van der Waals surface area contributed by atoms with Gasteiger partial charge in [-0.3, -0.25) is 4.57 Å². The average molecular weight is 99.1 g/mol. The Balaban J connectivity index is 3.39. The van der Waals surface area contributed by atoms with Crippen molar-refractivity contribution in [2.45, 2.75) is 0 Å². The number of aromatic nitrogens is 3. The second-order valence-electron chi connectivity index (χ2n) is 1.27. The van der Waals surface area contributed by atoms with E-state index < -0.39 is 0 Å². The van der Waals surface area contributed by atoms with Crippen LogP contribution in [0.4, 0.5) is 0 Å². The summed E-state index contributed by atoms with van der Waals surface area (Å²) in [4.78, 5) is 10.3. The fraction of sp³-hybridized carbons (Fsp3) is 0.333. The van der Waals surface area contributed by atoms with Crippen LogP contribution in [-0.2, 0) is 7.05 Å². The molecule has 0 aromatic carbocycles. The zero-order valence-electron chi connectivity index (χ0n) is 3.88. The minimum absolute atomic E-state index is 0.181. The molecule has 0 saturated carbocycles. The van der Waals surface area contributed by atoms with Crippen molar-refractivity contribution >= 4 is 0 Å². The third-order valence-corrected chi connectivity index (χ3v) is 0.711. The van der Waals surface area contributed by atoms with Gasteiger partial charge in [0.15, 0.2) is 0 Å². The number of aromatic amines is 1. The smallest absolute Gasteiger partial charge is 0.285 e. The van der Waals surface area contributed by atoms with E-state index in [1.807, 2.05) is 0 Å². The highest BCUT2D eigenvalue weighted by Crippen LogP contribution is 1.57. The Bertz CT molecular complexity index is 198. The van der Waals surface area contributed by atoms with Crippen LogP contribution < -0.4 is 5.69 Å². The number of hydrogen-bond donors (Lipinski definition) is 1. The van der Waals surface area contributed by atoms with Crippen LogP contribution in [0.5, 0.6) is 0 Å². The topological polar surface area (TPSA) is 50.7 Å². The molecule has 0 fully saturated rings. The van der Waals surface area contributed by atoms with Gasteiger partial charge in [-0.05, 0) is 0 Å². The number of H-pyrrole nitrogens is 1. The zero-order chi connectivity index (χ0) is 5.28. The van der Waals surface area contributed by atoms with Crippen molar-refractivity contribution in [1.82, 2.24) is 14.8 Å². The molecule has 7 heavy (non-hydrogen) atoms. The van der Waals surface area contributed by atoms with Crippen LogP contribution >= 0.6 is 0 Å². The van der Waals surface area contributed by atoms with Crippen molar-refractivity contribution in [1.29, 1.82) is 0 Å². The third kappa shape index (κ3) is 0.534. The summed E-state index contributed by atoms with van der Waals surface area (Å²) in [7, 11) is 1.63. The first kappa shape index (κ1) is 4.11. The number of rotatable bonds is 0. The Morgan fingerprint density at radius 2 is 2.71 bits per heavy atom. The van der Waals surface area contributed by atoms with Gasteiger partial charge in [-0.25, -0.2) is 9.89 Å². The fourth-order valence-corrected chi connectivity index (χ4v) is 0.302.